The monoisotopic (exact) mass is 306 g/mol. The van der Waals surface area contributed by atoms with Crippen molar-refractivity contribution in [2.24, 2.45) is 0 Å². The molecule has 0 aliphatic carbocycles. The number of halogens is 2. The largest absolute Gasteiger partial charge is 0.316 e. The van der Waals surface area contributed by atoms with E-state index in [2.05, 4.69) is 10.2 Å². The molecule has 0 atom stereocenters. The molecule has 1 N–H and O–H groups in total. The van der Waals surface area contributed by atoms with Crippen LogP contribution < -0.4 is 5.32 Å². The molecule has 0 aliphatic heterocycles. The van der Waals surface area contributed by atoms with Crippen LogP contribution in [0.3, 0.4) is 0 Å². The van der Waals surface area contributed by atoms with Crippen LogP contribution >= 0.6 is 11.6 Å². The number of nitrogens with zero attached hydrogens (tertiary/aromatic N) is 1. The predicted molar refractivity (Wildman–Crippen MR) is 85.8 cm³/mol. The Hall–Kier alpha value is -1.42. The molecule has 0 aromatic heterocycles. The second-order valence-corrected chi connectivity index (χ2v) is 5.63. The zero-order valence-corrected chi connectivity index (χ0v) is 13.1. The number of nitrogens with one attached hydrogen (secondary N) is 1. The lowest BCUT2D eigenvalue weighted by Gasteiger charge is -2.18. The number of benzene rings is 2. The van der Waals surface area contributed by atoms with Gasteiger partial charge in [0.1, 0.15) is 5.82 Å². The minimum atomic E-state index is -0.166. The molecule has 2 aromatic carbocycles. The third kappa shape index (κ3) is 4.53. The number of rotatable bonds is 6. The van der Waals surface area contributed by atoms with Gasteiger partial charge in [-0.1, -0.05) is 41.9 Å². The van der Waals surface area contributed by atoms with Crippen LogP contribution in [0, 0.1) is 5.82 Å². The highest BCUT2D eigenvalue weighted by Gasteiger charge is 2.09. The molecule has 2 rings (SSSR count). The molecular weight excluding hydrogens is 287 g/mol. The second kappa shape index (κ2) is 7.55. The van der Waals surface area contributed by atoms with Crippen LogP contribution in [0.5, 0.6) is 0 Å². The van der Waals surface area contributed by atoms with Crippen LogP contribution in [-0.4, -0.2) is 19.0 Å². The zero-order valence-electron chi connectivity index (χ0n) is 12.4. The van der Waals surface area contributed by atoms with E-state index in [1.807, 2.05) is 50.5 Å². The molecule has 0 heterocycles. The Balaban J connectivity index is 2.07. The van der Waals surface area contributed by atoms with Crippen molar-refractivity contribution in [2.45, 2.75) is 19.6 Å². The standard InChI is InChI=1S/C17H20ClFN2/c1-20-10-13-7-8-17(19)15(9-13)12-21(2)11-14-5-3-4-6-16(14)18/h3-9,20H,10-12H2,1-2H3. The van der Waals surface area contributed by atoms with Crippen molar-refractivity contribution in [1.29, 1.82) is 0 Å². The Morgan fingerprint density at radius 2 is 1.81 bits per heavy atom. The Labute approximate surface area is 130 Å². The minimum absolute atomic E-state index is 0.166. The van der Waals surface area contributed by atoms with Crippen LogP contribution in [0.4, 0.5) is 4.39 Å². The Morgan fingerprint density at radius 1 is 1.10 bits per heavy atom. The van der Waals surface area contributed by atoms with E-state index in [9.17, 15) is 4.39 Å². The van der Waals surface area contributed by atoms with E-state index in [1.54, 1.807) is 0 Å². The van der Waals surface area contributed by atoms with Gasteiger partial charge in [0.05, 0.1) is 0 Å². The fourth-order valence-electron chi connectivity index (χ4n) is 2.33. The lowest BCUT2D eigenvalue weighted by molar-refractivity contribution is 0.313. The molecule has 0 fully saturated rings. The van der Waals surface area contributed by atoms with Crippen LogP contribution in [0.15, 0.2) is 42.5 Å². The molecule has 112 valence electrons. The van der Waals surface area contributed by atoms with Crippen LogP contribution in [0.2, 0.25) is 5.02 Å². The van der Waals surface area contributed by atoms with Crippen molar-refractivity contribution in [3.05, 3.63) is 70.0 Å². The first kappa shape index (κ1) is 16.0. The Bertz CT molecular complexity index is 601. The Kier molecular flexibility index (Phi) is 5.74. The van der Waals surface area contributed by atoms with E-state index in [0.29, 0.717) is 18.7 Å². The first-order valence-corrected chi connectivity index (χ1v) is 7.32. The highest BCUT2D eigenvalue weighted by Crippen LogP contribution is 2.18. The molecule has 0 unspecified atom stereocenters. The summed E-state index contributed by atoms with van der Waals surface area (Å²) >= 11 is 6.16. The average Bonchev–Trinajstić information content (AvgIpc) is 2.45. The summed E-state index contributed by atoms with van der Waals surface area (Å²) in [6, 6.07) is 13.0. The molecule has 21 heavy (non-hydrogen) atoms. The van der Waals surface area contributed by atoms with E-state index in [0.717, 1.165) is 22.7 Å². The lowest BCUT2D eigenvalue weighted by Crippen LogP contribution is -2.18. The van der Waals surface area contributed by atoms with Gasteiger partial charge in [-0.15, -0.1) is 0 Å². The molecule has 0 saturated carbocycles. The molecule has 2 nitrogen and oxygen atoms in total. The van der Waals surface area contributed by atoms with Crippen LogP contribution in [0.25, 0.3) is 0 Å². The first-order valence-electron chi connectivity index (χ1n) is 6.94. The van der Waals surface area contributed by atoms with E-state index < -0.39 is 0 Å². The highest BCUT2D eigenvalue weighted by atomic mass is 35.5. The van der Waals surface area contributed by atoms with E-state index >= 15 is 0 Å². The maximum atomic E-state index is 13.9. The summed E-state index contributed by atoms with van der Waals surface area (Å²) < 4.78 is 13.9. The fraction of sp³-hybridized carbons (Fsp3) is 0.294. The first-order chi connectivity index (χ1) is 10.1. The van der Waals surface area contributed by atoms with Gasteiger partial charge in [-0.2, -0.15) is 0 Å². The van der Waals surface area contributed by atoms with Gasteiger partial charge >= 0.3 is 0 Å². The SMILES string of the molecule is CNCc1ccc(F)c(CN(C)Cc2ccccc2Cl)c1. The summed E-state index contributed by atoms with van der Waals surface area (Å²) in [5, 5.41) is 3.82. The van der Waals surface area contributed by atoms with Gasteiger partial charge in [0.15, 0.2) is 0 Å². The topological polar surface area (TPSA) is 15.3 Å². The average molecular weight is 307 g/mol. The highest BCUT2D eigenvalue weighted by molar-refractivity contribution is 6.31. The van der Waals surface area contributed by atoms with Gasteiger partial charge in [-0.25, -0.2) is 4.39 Å². The predicted octanol–water partition coefficient (Wildman–Crippen LogP) is 3.83. The summed E-state index contributed by atoms with van der Waals surface area (Å²) in [4.78, 5) is 2.06. The summed E-state index contributed by atoms with van der Waals surface area (Å²) in [5.41, 5.74) is 2.84. The van der Waals surface area contributed by atoms with Crippen molar-refractivity contribution in [3.63, 3.8) is 0 Å². The molecule has 0 bridgehead atoms. The Morgan fingerprint density at radius 3 is 2.52 bits per heavy atom. The van der Waals surface area contributed by atoms with Gasteiger partial charge in [0.25, 0.3) is 0 Å². The molecule has 0 spiro atoms. The normalized spacial score (nSPS) is 11.1. The number of hydrogen-bond donors (Lipinski definition) is 1. The summed E-state index contributed by atoms with van der Waals surface area (Å²) in [5.74, 6) is -0.166. The minimum Gasteiger partial charge on any atom is -0.316 e. The molecule has 0 aliphatic rings. The molecule has 2 aromatic rings. The summed E-state index contributed by atoms with van der Waals surface area (Å²) in [7, 11) is 3.85. The fourth-order valence-corrected chi connectivity index (χ4v) is 2.52. The third-order valence-electron chi connectivity index (χ3n) is 3.33. The molecule has 4 heteroatoms. The van der Waals surface area contributed by atoms with Crippen molar-refractivity contribution in [1.82, 2.24) is 10.2 Å². The van der Waals surface area contributed by atoms with Gasteiger partial charge in [-0.3, -0.25) is 4.90 Å². The second-order valence-electron chi connectivity index (χ2n) is 5.22. The maximum Gasteiger partial charge on any atom is 0.127 e. The van der Waals surface area contributed by atoms with Gasteiger partial charge in [-0.05, 0) is 37.4 Å². The van der Waals surface area contributed by atoms with Crippen molar-refractivity contribution >= 4 is 11.6 Å². The van der Waals surface area contributed by atoms with E-state index in [-0.39, 0.29) is 5.82 Å². The zero-order chi connectivity index (χ0) is 15.2. The van der Waals surface area contributed by atoms with Crippen molar-refractivity contribution < 1.29 is 4.39 Å². The van der Waals surface area contributed by atoms with E-state index in [4.69, 9.17) is 11.6 Å². The summed E-state index contributed by atoms with van der Waals surface area (Å²) in [6.45, 7) is 1.98. The maximum absolute atomic E-state index is 13.9. The summed E-state index contributed by atoms with van der Waals surface area (Å²) in [6.07, 6.45) is 0. The molecule has 0 saturated heterocycles. The number of hydrogen-bond acceptors (Lipinski definition) is 2. The van der Waals surface area contributed by atoms with Gasteiger partial charge < -0.3 is 5.32 Å². The van der Waals surface area contributed by atoms with E-state index in [1.165, 1.54) is 6.07 Å². The van der Waals surface area contributed by atoms with Crippen molar-refractivity contribution in [2.75, 3.05) is 14.1 Å². The molecule has 0 radical (unpaired) electrons. The third-order valence-corrected chi connectivity index (χ3v) is 3.70. The smallest absolute Gasteiger partial charge is 0.127 e. The quantitative estimate of drug-likeness (QED) is 0.872. The van der Waals surface area contributed by atoms with Crippen LogP contribution in [-0.2, 0) is 19.6 Å². The molecular formula is C17H20ClFN2. The lowest BCUT2D eigenvalue weighted by atomic mass is 10.1. The van der Waals surface area contributed by atoms with Crippen LogP contribution in [0.1, 0.15) is 16.7 Å². The van der Waals surface area contributed by atoms with Gasteiger partial charge in [0, 0.05) is 30.2 Å². The van der Waals surface area contributed by atoms with Crippen molar-refractivity contribution in [3.8, 4) is 0 Å². The molecule has 0 amide bonds. The van der Waals surface area contributed by atoms with Gasteiger partial charge in [0.2, 0.25) is 0 Å².